The van der Waals surface area contributed by atoms with Crippen LogP contribution in [0.3, 0.4) is 0 Å². The topological polar surface area (TPSA) is 47.4 Å². The Labute approximate surface area is 131 Å². The van der Waals surface area contributed by atoms with Crippen LogP contribution in [0.1, 0.15) is 31.3 Å². The van der Waals surface area contributed by atoms with Gasteiger partial charge in [0.05, 0.1) is 0 Å². The van der Waals surface area contributed by atoms with Crippen molar-refractivity contribution in [1.82, 2.24) is 9.55 Å². The highest BCUT2D eigenvalue weighted by Crippen LogP contribution is 2.28. The van der Waals surface area contributed by atoms with E-state index in [1.54, 1.807) is 4.57 Å². The van der Waals surface area contributed by atoms with Crippen molar-refractivity contribution in [3.05, 3.63) is 36.0 Å². The van der Waals surface area contributed by atoms with Gasteiger partial charge in [-0.25, -0.2) is 9.78 Å². The van der Waals surface area contributed by atoms with Gasteiger partial charge in [-0.15, -0.1) is 0 Å². The van der Waals surface area contributed by atoms with Crippen LogP contribution in [0.2, 0.25) is 0 Å². The summed E-state index contributed by atoms with van der Waals surface area (Å²) in [5.74, 6) is 0.342. The average molecular weight is 301 g/mol. The van der Waals surface area contributed by atoms with E-state index in [0.29, 0.717) is 17.3 Å². The van der Waals surface area contributed by atoms with Crippen LogP contribution < -0.4 is 4.90 Å². The molecule has 22 heavy (non-hydrogen) atoms. The van der Waals surface area contributed by atoms with Gasteiger partial charge in [-0.05, 0) is 20.8 Å². The van der Waals surface area contributed by atoms with Crippen molar-refractivity contribution in [2.45, 2.75) is 26.4 Å². The summed E-state index contributed by atoms with van der Waals surface area (Å²) in [6, 6.07) is 9.67. The van der Waals surface area contributed by atoms with Crippen LogP contribution >= 0.6 is 0 Å². The Morgan fingerprint density at radius 3 is 2.27 bits per heavy atom. The number of carbonyl (C=O) groups is 1. The van der Waals surface area contributed by atoms with E-state index in [1.807, 2.05) is 77.1 Å². The molecule has 2 rings (SSSR count). The lowest BCUT2D eigenvalue weighted by Gasteiger charge is -2.20. The molecule has 0 bridgehead atoms. The molecule has 0 saturated carbocycles. The molecule has 0 radical (unpaired) electrons. The van der Waals surface area contributed by atoms with Gasteiger partial charge in [0.25, 0.3) is 0 Å². The van der Waals surface area contributed by atoms with E-state index in [0.717, 1.165) is 5.56 Å². The Bertz CT molecular complexity index is 667. The SMILES string of the molecule is CN(C)c1nc(-c2ccccc2)c(C(=O)OC(C)(C)C)n1C. The van der Waals surface area contributed by atoms with Gasteiger partial charge in [0, 0.05) is 26.7 Å². The van der Waals surface area contributed by atoms with Crippen molar-refractivity contribution in [1.29, 1.82) is 0 Å². The highest BCUT2D eigenvalue weighted by molar-refractivity contribution is 5.95. The minimum absolute atomic E-state index is 0.366. The van der Waals surface area contributed by atoms with Crippen LogP contribution in [-0.2, 0) is 11.8 Å². The van der Waals surface area contributed by atoms with Gasteiger partial charge in [0.1, 0.15) is 11.3 Å². The second-order valence-electron chi connectivity index (χ2n) is 6.43. The monoisotopic (exact) mass is 301 g/mol. The van der Waals surface area contributed by atoms with Gasteiger partial charge >= 0.3 is 5.97 Å². The molecule has 118 valence electrons. The fourth-order valence-electron chi connectivity index (χ4n) is 2.24. The molecule has 1 aromatic heterocycles. The molecule has 5 heteroatoms. The number of nitrogens with zero attached hydrogens (tertiary/aromatic N) is 3. The summed E-state index contributed by atoms with van der Waals surface area (Å²) in [5.41, 5.74) is 1.45. The minimum atomic E-state index is -0.548. The standard InChI is InChI=1S/C17H23N3O2/c1-17(2,3)22-15(21)14-13(12-10-8-7-9-11-12)18-16(19(4)5)20(14)6/h7-11H,1-6H3. The first-order valence-corrected chi connectivity index (χ1v) is 7.23. The number of anilines is 1. The van der Waals surface area contributed by atoms with Crippen molar-refractivity contribution >= 4 is 11.9 Å². The second kappa shape index (κ2) is 5.83. The molecule has 5 nitrogen and oxygen atoms in total. The molecule has 2 aromatic rings. The van der Waals surface area contributed by atoms with Gasteiger partial charge < -0.3 is 14.2 Å². The predicted octanol–water partition coefficient (Wildman–Crippen LogP) is 3.11. The molecule has 0 N–H and O–H groups in total. The van der Waals surface area contributed by atoms with E-state index in [2.05, 4.69) is 4.98 Å². The largest absolute Gasteiger partial charge is 0.455 e. The number of hydrogen-bond acceptors (Lipinski definition) is 4. The zero-order valence-electron chi connectivity index (χ0n) is 14.0. The predicted molar refractivity (Wildman–Crippen MR) is 88.1 cm³/mol. The van der Waals surface area contributed by atoms with E-state index < -0.39 is 5.60 Å². The van der Waals surface area contributed by atoms with E-state index in [-0.39, 0.29) is 5.97 Å². The Kier molecular flexibility index (Phi) is 4.26. The van der Waals surface area contributed by atoms with Crippen LogP contribution in [0.5, 0.6) is 0 Å². The Morgan fingerprint density at radius 2 is 1.77 bits per heavy atom. The lowest BCUT2D eigenvalue weighted by molar-refractivity contribution is 0.00601. The summed E-state index contributed by atoms with van der Waals surface area (Å²) in [7, 11) is 5.62. The van der Waals surface area contributed by atoms with Gasteiger partial charge in [-0.1, -0.05) is 30.3 Å². The fourth-order valence-corrected chi connectivity index (χ4v) is 2.24. The Hall–Kier alpha value is -2.30. The van der Waals surface area contributed by atoms with Crippen molar-refractivity contribution in [2.24, 2.45) is 7.05 Å². The van der Waals surface area contributed by atoms with E-state index in [1.165, 1.54) is 0 Å². The van der Waals surface area contributed by atoms with Crippen molar-refractivity contribution in [3.8, 4) is 11.3 Å². The minimum Gasteiger partial charge on any atom is -0.455 e. The van der Waals surface area contributed by atoms with Crippen LogP contribution in [0, 0.1) is 0 Å². The van der Waals surface area contributed by atoms with Crippen LogP contribution in [-0.4, -0.2) is 35.2 Å². The van der Waals surface area contributed by atoms with Gasteiger partial charge in [0.2, 0.25) is 5.95 Å². The second-order valence-corrected chi connectivity index (χ2v) is 6.43. The zero-order chi connectivity index (χ0) is 16.5. The molecular weight excluding hydrogens is 278 g/mol. The fraction of sp³-hybridized carbons (Fsp3) is 0.412. The van der Waals surface area contributed by atoms with Gasteiger partial charge in [0.15, 0.2) is 5.69 Å². The smallest absolute Gasteiger partial charge is 0.357 e. The number of benzene rings is 1. The molecule has 0 unspecified atom stereocenters. The molecule has 0 spiro atoms. The van der Waals surface area contributed by atoms with Crippen LogP contribution in [0.15, 0.2) is 30.3 Å². The first-order chi connectivity index (χ1) is 10.2. The molecule has 0 fully saturated rings. The Morgan fingerprint density at radius 1 is 1.18 bits per heavy atom. The number of rotatable bonds is 3. The normalized spacial score (nSPS) is 11.4. The maximum absolute atomic E-state index is 12.6. The number of aromatic nitrogens is 2. The number of imidazole rings is 1. The maximum atomic E-state index is 12.6. The first kappa shape index (κ1) is 16.1. The summed E-state index contributed by atoms with van der Waals surface area (Å²) in [4.78, 5) is 19.1. The third kappa shape index (κ3) is 3.30. The molecule has 0 amide bonds. The molecular formula is C17H23N3O2. The lowest BCUT2D eigenvalue weighted by Crippen LogP contribution is -2.26. The first-order valence-electron chi connectivity index (χ1n) is 7.23. The van der Waals surface area contributed by atoms with Gasteiger partial charge in [-0.2, -0.15) is 0 Å². The third-order valence-electron chi connectivity index (χ3n) is 3.11. The molecule has 0 aliphatic heterocycles. The number of carbonyl (C=O) groups excluding carboxylic acids is 1. The van der Waals surface area contributed by atoms with Crippen LogP contribution in [0.4, 0.5) is 5.95 Å². The average Bonchev–Trinajstić information content (AvgIpc) is 2.75. The molecule has 0 atom stereocenters. The van der Waals surface area contributed by atoms with Crippen molar-refractivity contribution < 1.29 is 9.53 Å². The summed E-state index contributed by atoms with van der Waals surface area (Å²) >= 11 is 0. The van der Waals surface area contributed by atoms with Crippen LogP contribution in [0.25, 0.3) is 11.3 Å². The van der Waals surface area contributed by atoms with E-state index >= 15 is 0 Å². The summed E-state index contributed by atoms with van der Waals surface area (Å²) in [6.07, 6.45) is 0. The molecule has 0 saturated heterocycles. The highest BCUT2D eigenvalue weighted by atomic mass is 16.6. The number of hydrogen-bond donors (Lipinski definition) is 0. The van der Waals surface area contributed by atoms with Crippen molar-refractivity contribution in [3.63, 3.8) is 0 Å². The zero-order valence-corrected chi connectivity index (χ0v) is 14.0. The third-order valence-corrected chi connectivity index (χ3v) is 3.11. The molecule has 1 aromatic carbocycles. The van der Waals surface area contributed by atoms with Crippen molar-refractivity contribution in [2.75, 3.05) is 19.0 Å². The summed E-state index contributed by atoms with van der Waals surface area (Å²) in [6.45, 7) is 5.57. The molecule has 0 aliphatic carbocycles. The maximum Gasteiger partial charge on any atom is 0.357 e. The molecule has 1 heterocycles. The lowest BCUT2D eigenvalue weighted by atomic mass is 10.1. The Balaban J connectivity index is 2.58. The number of esters is 1. The number of ether oxygens (including phenoxy) is 1. The van der Waals surface area contributed by atoms with Gasteiger partial charge in [-0.3, -0.25) is 0 Å². The summed E-state index contributed by atoms with van der Waals surface area (Å²) < 4.78 is 7.32. The molecule has 0 aliphatic rings. The van der Waals surface area contributed by atoms with E-state index in [9.17, 15) is 4.79 Å². The highest BCUT2D eigenvalue weighted by Gasteiger charge is 2.27. The van der Waals surface area contributed by atoms with E-state index in [4.69, 9.17) is 4.74 Å². The summed E-state index contributed by atoms with van der Waals surface area (Å²) in [5, 5.41) is 0. The quantitative estimate of drug-likeness (QED) is 0.817.